The molecule has 3 saturated heterocycles. The molecule has 6 heteroatoms. The van der Waals surface area contributed by atoms with Crippen LogP contribution in [-0.2, 0) is 0 Å². The average Bonchev–Trinajstić information content (AvgIpc) is 3.29. The van der Waals surface area contributed by atoms with Crippen molar-refractivity contribution >= 4 is 16.8 Å². The first-order valence-corrected chi connectivity index (χ1v) is 13.6. The second-order valence-corrected chi connectivity index (χ2v) is 11.2. The van der Waals surface area contributed by atoms with E-state index >= 15 is 0 Å². The molecule has 1 amide bonds. The quantitative estimate of drug-likeness (QED) is 0.623. The van der Waals surface area contributed by atoms with Crippen molar-refractivity contribution in [2.45, 2.75) is 70.9 Å². The number of H-pyrrole nitrogens is 1. The van der Waals surface area contributed by atoms with Crippen molar-refractivity contribution in [3.8, 4) is 5.75 Å². The van der Waals surface area contributed by atoms with Crippen LogP contribution in [0.2, 0.25) is 0 Å². The van der Waals surface area contributed by atoms with Gasteiger partial charge in [-0.15, -0.1) is 0 Å². The van der Waals surface area contributed by atoms with Crippen LogP contribution in [0.1, 0.15) is 69.3 Å². The Balaban J connectivity index is 1.13. The van der Waals surface area contributed by atoms with Crippen LogP contribution in [0.25, 0.3) is 10.9 Å². The third kappa shape index (κ3) is 5.44. The molecule has 2 aromatic rings. The molecule has 0 radical (unpaired) electrons. The number of rotatable bonds is 7. The number of piperidine rings is 3. The highest BCUT2D eigenvalue weighted by Crippen LogP contribution is 2.32. The highest BCUT2D eigenvalue weighted by atomic mass is 16.5. The van der Waals surface area contributed by atoms with Gasteiger partial charge in [0, 0.05) is 42.6 Å². The van der Waals surface area contributed by atoms with Crippen molar-refractivity contribution in [2.24, 2.45) is 11.8 Å². The Morgan fingerprint density at radius 2 is 1.91 bits per heavy atom. The number of fused-ring (bicyclic) bond motifs is 2. The summed E-state index contributed by atoms with van der Waals surface area (Å²) >= 11 is 0. The number of carbonyl (C=O) groups excluding carboxylic acids is 1. The molecule has 2 N–H and O–H groups in total. The van der Waals surface area contributed by atoms with E-state index in [4.69, 9.17) is 4.74 Å². The SMILES string of the molecule is CC(C)COc1cccc2[nH]c(C(=O)NC3CCN(CC4CCCN5CCCCC45)CC3)cc12. The maximum Gasteiger partial charge on any atom is 0.267 e. The van der Waals surface area contributed by atoms with Crippen LogP contribution in [0.3, 0.4) is 0 Å². The summed E-state index contributed by atoms with van der Waals surface area (Å²) in [4.78, 5) is 21.7. The Bertz CT molecular complexity index is 960. The topological polar surface area (TPSA) is 60.6 Å². The summed E-state index contributed by atoms with van der Waals surface area (Å²) in [6.45, 7) is 11.0. The van der Waals surface area contributed by atoms with Gasteiger partial charge in [-0.25, -0.2) is 0 Å². The Morgan fingerprint density at radius 3 is 2.74 bits per heavy atom. The number of nitrogens with one attached hydrogen (secondary N) is 2. The molecule has 6 nitrogen and oxygen atoms in total. The van der Waals surface area contributed by atoms with Crippen LogP contribution >= 0.6 is 0 Å². The number of carbonyl (C=O) groups is 1. The van der Waals surface area contributed by atoms with E-state index in [-0.39, 0.29) is 11.9 Å². The van der Waals surface area contributed by atoms with E-state index in [1.54, 1.807) is 0 Å². The lowest BCUT2D eigenvalue weighted by Gasteiger charge is -2.46. The maximum absolute atomic E-state index is 13.0. The fourth-order valence-electron chi connectivity index (χ4n) is 6.28. The monoisotopic (exact) mass is 466 g/mol. The first-order valence-electron chi connectivity index (χ1n) is 13.6. The minimum absolute atomic E-state index is 0.00501. The molecule has 34 heavy (non-hydrogen) atoms. The van der Waals surface area contributed by atoms with Gasteiger partial charge in [0.15, 0.2) is 0 Å². The van der Waals surface area contributed by atoms with E-state index in [2.05, 4.69) is 33.9 Å². The van der Waals surface area contributed by atoms with E-state index in [1.807, 2.05) is 24.3 Å². The molecular formula is C28H42N4O2. The number of aromatic amines is 1. The lowest BCUT2D eigenvalue weighted by atomic mass is 9.83. The highest BCUT2D eigenvalue weighted by Gasteiger charge is 2.34. The molecule has 1 aromatic carbocycles. The highest BCUT2D eigenvalue weighted by molar-refractivity contribution is 5.99. The van der Waals surface area contributed by atoms with Gasteiger partial charge >= 0.3 is 0 Å². The maximum atomic E-state index is 13.0. The summed E-state index contributed by atoms with van der Waals surface area (Å²) < 4.78 is 5.97. The number of hydrogen-bond acceptors (Lipinski definition) is 4. The molecule has 2 atom stereocenters. The first kappa shape index (κ1) is 23.7. The lowest BCUT2D eigenvalue weighted by molar-refractivity contribution is 0.0351. The van der Waals surface area contributed by atoms with Crippen LogP contribution < -0.4 is 10.1 Å². The van der Waals surface area contributed by atoms with Gasteiger partial charge in [0.1, 0.15) is 11.4 Å². The van der Waals surface area contributed by atoms with Crippen molar-refractivity contribution in [1.82, 2.24) is 20.1 Å². The van der Waals surface area contributed by atoms with Gasteiger partial charge in [-0.1, -0.05) is 26.3 Å². The fraction of sp³-hybridized carbons (Fsp3) is 0.679. The molecular weight excluding hydrogens is 424 g/mol. The molecule has 3 fully saturated rings. The number of aromatic nitrogens is 1. The number of ether oxygens (including phenoxy) is 1. The lowest BCUT2D eigenvalue weighted by Crippen LogP contribution is -2.52. The van der Waals surface area contributed by atoms with Crippen molar-refractivity contribution < 1.29 is 9.53 Å². The molecule has 186 valence electrons. The van der Waals surface area contributed by atoms with Gasteiger partial charge in [-0.2, -0.15) is 0 Å². The van der Waals surface area contributed by atoms with Crippen molar-refractivity contribution in [1.29, 1.82) is 0 Å². The zero-order valence-corrected chi connectivity index (χ0v) is 21.0. The van der Waals surface area contributed by atoms with Crippen LogP contribution in [0, 0.1) is 11.8 Å². The number of nitrogens with zero attached hydrogens (tertiary/aromatic N) is 2. The largest absolute Gasteiger partial charge is 0.493 e. The van der Waals surface area contributed by atoms with E-state index in [0.29, 0.717) is 18.2 Å². The minimum atomic E-state index is -0.00501. The van der Waals surface area contributed by atoms with Crippen LogP contribution in [-0.4, -0.2) is 72.1 Å². The third-order valence-corrected chi connectivity index (χ3v) is 8.09. The zero-order chi connectivity index (χ0) is 23.5. The predicted octanol–water partition coefficient (Wildman–Crippen LogP) is 4.66. The van der Waals surface area contributed by atoms with Gasteiger partial charge in [0.2, 0.25) is 0 Å². The Morgan fingerprint density at radius 1 is 1.09 bits per heavy atom. The summed E-state index contributed by atoms with van der Waals surface area (Å²) in [5, 5.41) is 4.27. The fourth-order valence-corrected chi connectivity index (χ4v) is 6.28. The Labute approximate surface area is 204 Å². The summed E-state index contributed by atoms with van der Waals surface area (Å²) in [5.74, 6) is 2.13. The first-order chi connectivity index (χ1) is 16.6. The molecule has 3 aliphatic rings. The molecule has 1 aromatic heterocycles. The summed E-state index contributed by atoms with van der Waals surface area (Å²) in [6, 6.07) is 8.97. The molecule has 4 heterocycles. The number of amides is 1. The Kier molecular flexibility index (Phi) is 7.45. The molecule has 0 bridgehead atoms. The van der Waals surface area contributed by atoms with Gasteiger partial charge in [-0.3, -0.25) is 4.79 Å². The molecule has 0 spiro atoms. The van der Waals surface area contributed by atoms with E-state index in [0.717, 1.165) is 54.5 Å². The van der Waals surface area contributed by atoms with Gasteiger partial charge < -0.3 is 24.8 Å². The second kappa shape index (κ2) is 10.7. The van der Waals surface area contributed by atoms with Crippen LogP contribution in [0.15, 0.2) is 24.3 Å². The number of hydrogen-bond donors (Lipinski definition) is 2. The smallest absolute Gasteiger partial charge is 0.267 e. The van der Waals surface area contributed by atoms with E-state index in [1.165, 1.54) is 51.7 Å². The number of likely N-dealkylation sites (tertiary alicyclic amines) is 1. The Hall–Kier alpha value is -2.05. The molecule has 2 unspecified atom stereocenters. The van der Waals surface area contributed by atoms with Crippen molar-refractivity contribution in [3.63, 3.8) is 0 Å². The van der Waals surface area contributed by atoms with Gasteiger partial charge in [0.05, 0.1) is 6.61 Å². The second-order valence-electron chi connectivity index (χ2n) is 11.2. The van der Waals surface area contributed by atoms with Crippen LogP contribution in [0.5, 0.6) is 5.75 Å². The minimum Gasteiger partial charge on any atom is -0.493 e. The predicted molar refractivity (Wildman–Crippen MR) is 137 cm³/mol. The zero-order valence-electron chi connectivity index (χ0n) is 21.0. The molecule has 3 aliphatic heterocycles. The van der Waals surface area contributed by atoms with Gasteiger partial charge in [0.25, 0.3) is 5.91 Å². The number of benzene rings is 1. The van der Waals surface area contributed by atoms with Crippen molar-refractivity contribution in [2.75, 3.05) is 39.3 Å². The summed E-state index contributed by atoms with van der Waals surface area (Å²) in [5.41, 5.74) is 1.57. The summed E-state index contributed by atoms with van der Waals surface area (Å²) in [6.07, 6.45) is 9.02. The van der Waals surface area contributed by atoms with E-state index in [9.17, 15) is 4.79 Å². The molecule has 5 rings (SSSR count). The van der Waals surface area contributed by atoms with E-state index < -0.39 is 0 Å². The normalized spacial score (nSPS) is 24.9. The van der Waals surface area contributed by atoms with Crippen LogP contribution in [0.4, 0.5) is 0 Å². The summed E-state index contributed by atoms with van der Waals surface area (Å²) in [7, 11) is 0. The average molecular weight is 467 g/mol. The van der Waals surface area contributed by atoms with Gasteiger partial charge in [-0.05, 0) is 81.6 Å². The molecule has 0 aliphatic carbocycles. The molecule has 0 saturated carbocycles. The standard InChI is InChI=1S/C28H42N4O2/c1-20(2)19-34-27-10-5-8-24-23(27)17-25(30-24)28(33)29-22-11-15-31(16-12-22)18-21-7-6-14-32-13-4-3-9-26(21)32/h5,8,10,17,20-22,26,30H,3-4,6-7,9,11-16,18-19H2,1-2H3,(H,29,33). The van der Waals surface area contributed by atoms with Crippen molar-refractivity contribution in [3.05, 3.63) is 30.0 Å². The third-order valence-electron chi connectivity index (χ3n) is 8.09.